The van der Waals surface area contributed by atoms with Gasteiger partial charge in [-0.25, -0.2) is 13.2 Å². The lowest BCUT2D eigenvalue weighted by atomic mass is 10.3. The first-order valence-corrected chi connectivity index (χ1v) is 4.09. The number of halogens is 3. The SMILES string of the molecule is CNC(=S)Nc1ccc(F)c(F)c1F. The molecule has 0 amide bonds. The average Bonchev–Trinajstić information content (AvgIpc) is 2.19. The summed E-state index contributed by atoms with van der Waals surface area (Å²) in [5, 5.41) is 5.00. The van der Waals surface area contributed by atoms with Gasteiger partial charge in [-0.1, -0.05) is 0 Å². The second-order valence-corrected chi connectivity index (χ2v) is 2.84. The Morgan fingerprint density at radius 1 is 1.21 bits per heavy atom. The monoisotopic (exact) mass is 220 g/mol. The van der Waals surface area contributed by atoms with Crippen molar-refractivity contribution >= 4 is 23.0 Å². The van der Waals surface area contributed by atoms with Crippen molar-refractivity contribution in [2.24, 2.45) is 0 Å². The van der Waals surface area contributed by atoms with Crippen molar-refractivity contribution in [3.05, 3.63) is 29.6 Å². The molecular weight excluding hydrogens is 213 g/mol. The van der Waals surface area contributed by atoms with Crippen LogP contribution >= 0.6 is 12.2 Å². The largest absolute Gasteiger partial charge is 0.366 e. The van der Waals surface area contributed by atoms with Crippen molar-refractivity contribution in [3.63, 3.8) is 0 Å². The first-order valence-electron chi connectivity index (χ1n) is 3.68. The van der Waals surface area contributed by atoms with E-state index in [2.05, 4.69) is 22.9 Å². The van der Waals surface area contributed by atoms with Crippen molar-refractivity contribution in [2.75, 3.05) is 12.4 Å². The smallest absolute Gasteiger partial charge is 0.196 e. The molecule has 0 aliphatic heterocycles. The van der Waals surface area contributed by atoms with Gasteiger partial charge in [0, 0.05) is 7.05 Å². The highest BCUT2D eigenvalue weighted by molar-refractivity contribution is 7.80. The topological polar surface area (TPSA) is 24.1 Å². The lowest BCUT2D eigenvalue weighted by Crippen LogP contribution is -2.24. The van der Waals surface area contributed by atoms with E-state index >= 15 is 0 Å². The number of rotatable bonds is 1. The zero-order valence-electron chi connectivity index (χ0n) is 7.20. The Kier molecular flexibility index (Phi) is 3.29. The molecule has 0 saturated carbocycles. The minimum absolute atomic E-state index is 0.120. The van der Waals surface area contributed by atoms with E-state index in [0.29, 0.717) is 0 Å². The van der Waals surface area contributed by atoms with Crippen molar-refractivity contribution in [1.29, 1.82) is 0 Å². The molecule has 0 aliphatic carbocycles. The van der Waals surface area contributed by atoms with E-state index in [4.69, 9.17) is 0 Å². The molecule has 0 aliphatic rings. The third kappa shape index (κ3) is 2.14. The highest BCUT2D eigenvalue weighted by Crippen LogP contribution is 2.19. The molecule has 2 N–H and O–H groups in total. The zero-order chi connectivity index (χ0) is 10.7. The Balaban J connectivity index is 3.00. The van der Waals surface area contributed by atoms with Crippen LogP contribution in [0.25, 0.3) is 0 Å². The van der Waals surface area contributed by atoms with Gasteiger partial charge in [-0.2, -0.15) is 0 Å². The summed E-state index contributed by atoms with van der Waals surface area (Å²) in [5.74, 6) is -4.04. The van der Waals surface area contributed by atoms with Crippen LogP contribution in [0, 0.1) is 17.5 Å². The number of hydrogen-bond donors (Lipinski definition) is 2. The predicted octanol–water partition coefficient (Wildman–Crippen LogP) is 2.02. The van der Waals surface area contributed by atoms with Gasteiger partial charge < -0.3 is 10.6 Å². The molecular formula is C8H7F3N2S. The Morgan fingerprint density at radius 3 is 2.43 bits per heavy atom. The molecule has 0 unspecified atom stereocenters. The molecule has 1 aromatic carbocycles. The molecule has 0 aromatic heterocycles. The molecule has 1 rings (SSSR count). The van der Waals surface area contributed by atoms with Gasteiger partial charge in [0.2, 0.25) is 0 Å². The van der Waals surface area contributed by atoms with Gasteiger partial charge >= 0.3 is 0 Å². The fraction of sp³-hybridized carbons (Fsp3) is 0.125. The van der Waals surface area contributed by atoms with Crippen LogP contribution in [0.15, 0.2) is 12.1 Å². The van der Waals surface area contributed by atoms with E-state index in [1.807, 2.05) is 0 Å². The minimum Gasteiger partial charge on any atom is -0.366 e. The summed E-state index contributed by atoms with van der Waals surface area (Å²) in [6, 6.07) is 1.89. The maximum Gasteiger partial charge on any atom is 0.196 e. The molecule has 1 aromatic rings. The van der Waals surface area contributed by atoms with Gasteiger partial charge in [0.15, 0.2) is 22.6 Å². The normalized spacial score (nSPS) is 9.71. The standard InChI is InChI=1S/C8H7F3N2S/c1-12-8(14)13-5-3-2-4(9)6(10)7(5)11/h2-3H,1H3,(H2,12,13,14). The van der Waals surface area contributed by atoms with E-state index < -0.39 is 17.5 Å². The second kappa shape index (κ2) is 4.28. The van der Waals surface area contributed by atoms with Crippen molar-refractivity contribution in [3.8, 4) is 0 Å². The number of benzene rings is 1. The fourth-order valence-corrected chi connectivity index (χ4v) is 0.917. The molecule has 6 heteroatoms. The van der Waals surface area contributed by atoms with E-state index in [-0.39, 0.29) is 10.8 Å². The van der Waals surface area contributed by atoms with Crippen LogP contribution in [0.2, 0.25) is 0 Å². The summed E-state index contributed by atoms with van der Waals surface area (Å²) in [5.41, 5.74) is -0.205. The molecule has 0 fully saturated rings. The van der Waals surface area contributed by atoms with Crippen LogP contribution < -0.4 is 10.6 Å². The van der Waals surface area contributed by atoms with Gasteiger partial charge in [0.1, 0.15) is 0 Å². The molecule has 2 nitrogen and oxygen atoms in total. The van der Waals surface area contributed by atoms with Gasteiger partial charge in [-0.15, -0.1) is 0 Å². The van der Waals surface area contributed by atoms with Crippen LogP contribution in [0.3, 0.4) is 0 Å². The summed E-state index contributed by atoms with van der Waals surface area (Å²) in [6.07, 6.45) is 0. The lowest BCUT2D eigenvalue weighted by Gasteiger charge is -2.08. The van der Waals surface area contributed by atoms with Crippen LogP contribution in [-0.4, -0.2) is 12.2 Å². The number of thiocarbonyl (C=S) groups is 1. The van der Waals surface area contributed by atoms with Crippen molar-refractivity contribution in [2.45, 2.75) is 0 Å². The highest BCUT2D eigenvalue weighted by atomic mass is 32.1. The number of hydrogen-bond acceptors (Lipinski definition) is 1. The van der Waals surface area contributed by atoms with Crippen LogP contribution in [-0.2, 0) is 0 Å². The van der Waals surface area contributed by atoms with Gasteiger partial charge in [-0.3, -0.25) is 0 Å². The number of nitrogens with one attached hydrogen (secondary N) is 2. The predicted molar refractivity (Wildman–Crippen MR) is 51.6 cm³/mol. The average molecular weight is 220 g/mol. The summed E-state index contributed by atoms with van der Waals surface area (Å²) in [6.45, 7) is 0. The molecule has 14 heavy (non-hydrogen) atoms. The van der Waals surface area contributed by atoms with E-state index in [9.17, 15) is 13.2 Å². The molecule has 0 heterocycles. The summed E-state index contributed by atoms with van der Waals surface area (Å²) < 4.78 is 38.2. The Hall–Kier alpha value is -1.30. The Morgan fingerprint density at radius 2 is 1.86 bits per heavy atom. The first kappa shape index (κ1) is 10.8. The summed E-state index contributed by atoms with van der Waals surface area (Å²) in [7, 11) is 1.52. The molecule has 0 radical (unpaired) electrons. The van der Waals surface area contributed by atoms with Crippen LogP contribution in [0.5, 0.6) is 0 Å². The highest BCUT2D eigenvalue weighted by Gasteiger charge is 2.13. The van der Waals surface area contributed by atoms with E-state index in [1.165, 1.54) is 7.05 Å². The molecule has 0 spiro atoms. The Labute approximate surface area is 84.1 Å². The summed E-state index contributed by atoms with van der Waals surface area (Å²) >= 11 is 4.67. The number of anilines is 1. The van der Waals surface area contributed by atoms with Crippen molar-refractivity contribution < 1.29 is 13.2 Å². The third-order valence-electron chi connectivity index (χ3n) is 1.51. The molecule has 0 atom stereocenters. The maximum atomic E-state index is 13.0. The summed E-state index contributed by atoms with van der Waals surface area (Å²) in [4.78, 5) is 0. The zero-order valence-corrected chi connectivity index (χ0v) is 8.01. The quantitative estimate of drug-likeness (QED) is 0.559. The lowest BCUT2D eigenvalue weighted by molar-refractivity contribution is 0.449. The molecule has 0 saturated heterocycles. The molecule has 76 valence electrons. The minimum atomic E-state index is -1.52. The second-order valence-electron chi connectivity index (χ2n) is 2.43. The van der Waals surface area contributed by atoms with Crippen LogP contribution in [0.1, 0.15) is 0 Å². The van der Waals surface area contributed by atoms with Gasteiger partial charge in [0.05, 0.1) is 5.69 Å². The van der Waals surface area contributed by atoms with E-state index in [0.717, 1.165) is 12.1 Å². The fourth-order valence-electron chi connectivity index (χ4n) is 0.807. The van der Waals surface area contributed by atoms with Gasteiger partial charge in [0.25, 0.3) is 0 Å². The van der Waals surface area contributed by atoms with Crippen molar-refractivity contribution in [1.82, 2.24) is 5.32 Å². The first-order chi connectivity index (χ1) is 6.56. The van der Waals surface area contributed by atoms with Gasteiger partial charge in [-0.05, 0) is 24.4 Å². The molecule has 0 bridgehead atoms. The maximum absolute atomic E-state index is 13.0. The van der Waals surface area contributed by atoms with E-state index in [1.54, 1.807) is 0 Å². The third-order valence-corrected chi connectivity index (χ3v) is 1.82. The Bertz CT molecular complexity index is 368. The van der Waals surface area contributed by atoms with Crippen LogP contribution in [0.4, 0.5) is 18.9 Å².